The SMILES string of the molecule is CN(CCCCC(C#N)NC(=O)[C@H](CC(C)(C)C)Nc1nc(=O)oc2ccccc12)C(=O)OCc1ccccc1. The maximum Gasteiger partial charge on any atom is 0.441 e. The van der Waals surface area contributed by atoms with E-state index in [4.69, 9.17) is 9.15 Å². The number of carbonyl (C=O) groups excluding carboxylic acids is 2. The van der Waals surface area contributed by atoms with Crippen LogP contribution in [0.3, 0.4) is 0 Å². The molecule has 2 amide bonds. The molecule has 1 heterocycles. The molecule has 2 aromatic carbocycles. The Kier molecular flexibility index (Phi) is 10.6. The van der Waals surface area contributed by atoms with Crippen molar-refractivity contribution in [2.45, 2.75) is 65.1 Å². The summed E-state index contributed by atoms with van der Waals surface area (Å²) < 4.78 is 10.5. The number of aromatic nitrogens is 1. The predicted molar refractivity (Wildman–Crippen MR) is 152 cm³/mol. The van der Waals surface area contributed by atoms with Crippen molar-refractivity contribution in [2.75, 3.05) is 18.9 Å². The quantitative estimate of drug-likeness (QED) is 0.307. The molecule has 0 saturated heterocycles. The minimum absolute atomic E-state index is 0.204. The lowest BCUT2D eigenvalue weighted by Crippen LogP contribution is -2.46. The molecule has 10 nitrogen and oxygen atoms in total. The number of carbonyl (C=O) groups is 2. The number of benzene rings is 2. The van der Waals surface area contributed by atoms with Crippen LogP contribution in [0.1, 0.15) is 52.0 Å². The standard InChI is InChI=1S/C30H37N5O5/c1-30(2,3)18-24(33-26-23-15-8-9-16-25(23)40-28(37)34-26)27(36)32-22(19-31)14-10-11-17-35(4)29(38)39-20-21-12-6-5-7-13-21/h5-9,12-13,15-16,22,24H,10-11,14,17-18,20H2,1-4H3,(H,32,36)(H,33,34,37)/t22?,24-/m0/s1. The highest BCUT2D eigenvalue weighted by atomic mass is 16.6. The number of nitrogens with zero attached hydrogens (tertiary/aromatic N) is 3. The second kappa shape index (κ2) is 14.1. The zero-order valence-corrected chi connectivity index (χ0v) is 23.5. The number of para-hydroxylation sites is 1. The van der Waals surface area contributed by atoms with Crippen LogP contribution in [0.2, 0.25) is 0 Å². The molecule has 3 aromatic rings. The largest absolute Gasteiger partial charge is 0.445 e. The molecule has 0 bridgehead atoms. The van der Waals surface area contributed by atoms with Gasteiger partial charge in [0.25, 0.3) is 0 Å². The van der Waals surface area contributed by atoms with E-state index in [1.54, 1.807) is 31.3 Å². The normalized spacial score (nSPS) is 12.7. The van der Waals surface area contributed by atoms with Gasteiger partial charge in [-0.2, -0.15) is 10.2 Å². The first kappa shape index (κ1) is 30.2. The monoisotopic (exact) mass is 547 g/mol. The van der Waals surface area contributed by atoms with Gasteiger partial charge in [-0.05, 0) is 48.8 Å². The van der Waals surface area contributed by atoms with E-state index >= 15 is 0 Å². The van der Waals surface area contributed by atoms with Crippen molar-refractivity contribution in [3.63, 3.8) is 0 Å². The fraction of sp³-hybridized carbons (Fsp3) is 0.433. The number of hydrogen-bond donors (Lipinski definition) is 2. The number of ether oxygens (including phenoxy) is 1. The van der Waals surface area contributed by atoms with Gasteiger partial charge in [-0.3, -0.25) is 4.79 Å². The number of nitrogens with one attached hydrogen (secondary N) is 2. The maximum atomic E-state index is 13.3. The molecule has 0 aliphatic carbocycles. The summed E-state index contributed by atoms with van der Waals surface area (Å²) in [6.07, 6.45) is 1.71. The first-order chi connectivity index (χ1) is 19.1. The van der Waals surface area contributed by atoms with E-state index in [9.17, 15) is 19.6 Å². The molecule has 3 rings (SSSR count). The van der Waals surface area contributed by atoms with Crippen molar-refractivity contribution in [3.8, 4) is 6.07 Å². The van der Waals surface area contributed by atoms with E-state index in [0.29, 0.717) is 43.2 Å². The van der Waals surface area contributed by atoms with Gasteiger partial charge in [0.2, 0.25) is 5.91 Å². The van der Waals surface area contributed by atoms with E-state index < -0.39 is 23.9 Å². The average Bonchev–Trinajstić information content (AvgIpc) is 2.92. The maximum absolute atomic E-state index is 13.3. The van der Waals surface area contributed by atoms with Crippen molar-refractivity contribution in [3.05, 3.63) is 70.7 Å². The van der Waals surface area contributed by atoms with E-state index in [1.165, 1.54) is 4.90 Å². The zero-order chi connectivity index (χ0) is 29.1. The van der Waals surface area contributed by atoms with Gasteiger partial charge in [0.1, 0.15) is 30.1 Å². The second-order valence-corrected chi connectivity index (χ2v) is 10.9. The summed E-state index contributed by atoms with van der Waals surface area (Å²) >= 11 is 0. The minimum atomic E-state index is -0.764. The number of amides is 2. The number of anilines is 1. The molecular weight excluding hydrogens is 510 g/mol. The molecule has 0 fully saturated rings. The van der Waals surface area contributed by atoms with Gasteiger partial charge in [-0.25, -0.2) is 9.59 Å². The van der Waals surface area contributed by atoms with Gasteiger partial charge in [0, 0.05) is 13.6 Å². The van der Waals surface area contributed by atoms with Crippen molar-refractivity contribution >= 4 is 28.8 Å². The van der Waals surface area contributed by atoms with Crippen molar-refractivity contribution in [1.82, 2.24) is 15.2 Å². The number of hydrogen-bond acceptors (Lipinski definition) is 8. The summed E-state index contributed by atoms with van der Waals surface area (Å²) in [6, 6.07) is 17.1. The van der Waals surface area contributed by atoms with Crippen LogP contribution in [0.5, 0.6) is 0 Å². The van der Waals surface area contributed by atoms with Gasteiger partial charge >= 0.3 is 11.8 Å². The first-order valence-electron chi connectivity index (χ1n) is 13.3. The third-order valence-electron chi connectivity index (χ3n) is 6.21. The molecule has 1 aromatic heterocycles. The van der Waals surface area contributed by atoms with Crippen LogP contribution in [-0.2, 0) is 16.1 Å². The Labute approximate surface area is 234 Å². The van der Waals surface area contributed by atoms with Gasteiger partial charge in [-0.1, -0.05) is 63.2 Å². The van der Waals surface area contributed by atoms with E-state index in [0.717, 1.165) is 5.56 Å². The van der Waals surface area contributed by atoms with Gasteiger partial charge < -0.3 is 24.7 Å². The van der Waals surface area contributed by atoms with Crippen LogP contribution in [0.25, 0.3) is 11.0 Å². The Bertz CT molecular complexity index is 1380. The van der Waals surface area contributed by atoms with Crippen LogP contribution in [-0.4, -0.2) is 47.6 Å². The van der Waals surface area contributed by atoms with Crippen LogP contribution in [0, 0.1) is 16.7 Å². The third-order valence-corrected chi connectivity index (χ3v) is 6.21. The predicted octanol–water partition coefficient (Wildman–Crippen LogP) is 4.85. The molecular formula is C30H37N5O5. The summed E-state index contributed by atoms with van der Waals surface area (Å²) in [6.45, 7) is 6.67. The van der Waals surface area contributed by atoms with Crippen LogP contribution in [0.4, 0.5) is 10.6 Å². The van der Waals surface area contributed by atoms with Gasteiger partial charge in [-0.15, -0.1) is 0 Å². The summed E-state index contributed by atoms with van der Waals surface area (Å²) in [5, 5.41) is 16.2. The lowest BCUT2D eigenvalue weighted by molar-refractivity contribution is -0.122. The first-order valence-corrected chi connectivity index (χ1v) is 13.3. The van der Waals surface area contributed by atoms with Crippen LogP contribution < -0.4 is 16.4 Å². The Morgan fingerprint density at radius 3 is 2.50 bits per heavy atom. The fourth-order valence-electron chi connectivity index (χ4n) is 4.18. The average molecular weight is 548 g/mol. The molecule has 0 radical (unpaired) electrons. The van der Waals surface area contributed by atoms with E-state index in [1.807, 2.05) is 51.1 Å². The smallest absolute Gasteiger partial charge is 0.441 e. The lowest BCUT2D eigenvalue weighted by atomic mass is 9.87. The molecule has 212 valence electrons. The second-order valence-electron chi connectivity index (χ2n) is 10.9. The van der Waals surface area contributed by atoms with Gasteiger partial charge in [0.15, 0.2) is 0 Å². The highest BCUT2D eigenvalue weighted by molar-refractivity contribution is 5.91. The molecule has 1 unspecified atom stereocenters. The Hall–Kier alpha value is -4.39. The Morgan fingerprint density at radius 2 is 1.80 bits per heavy atom. The van der Waals surface area contributed by atoms with Crippen molar-refractivity contribution < 1.29 is 18.7 Å². The molecule has 2 atom stereocenters. The molecule has 2 N–H and O–H groups in total. The number of fused-ring (bicyclic) bond motifs is 1. The van der Waals surface area contributed by atoms with Crippen molar-refractivity contribution in [1.29, 1.82) is 5.26 Å². The highest BCUT2D eigenvalue weighted by Crippen LogP contribution is 2.25. The lowest BCUT2D eigenvalue weighted by Gasteiger charge is -2.27. The summed E-state index contributed by atoms with van der Waals surface area (Å²) in [5.74, 6) is -0.867. The summed E-state index contributed by atoms with van der Waals surface area (Å²) in [5.41, 5.74) is 1.05. The summed E-state index contributed by atoms with van der Waals surface area (Å²) in [7, 11) is 1.67. The summed E-state index contributed by atoms with van der Waals surface area (Å²) in [4.78, 5) is 43.0. The zero-order valence-electron chi connectivity index (χ0n) is 23.5. The fourth-order valence-corrected chi connectivity index (χ4v) is 4.18. The molecule has 0 saturated carbocycles. The number of rotatable bonds is 12. The van der Waals surface area contributed by atoms with E-state index in [-0.39, 0.29) is 23.7 Å². The minimum Gasteiger partial charge on any atom is -0.445 e. The number of nitriles is 1. The Balaban J connectivity index is 1.54. The Morgan fingerprint density at radius 1 is 1.10 bits per heavy atom. The molecule has 0 aliphatic rings. The molecule has 10 heteroatoms. The van der Waals surface area contributed by atoms with Crippen LogP contribution in [0.15, 0.2) is 63.8 Å². The molecule has 0 aliphatic heterocycles. The molecule has 40 heavy (non-hydrogen) atoms. The molecule has 0 spiro atoms. The van der Waals surface area contributed by atoms with E-state index in [2.05, 4.69) is 21.7 Å². The van der Waals surface area contributed by atoms with Crippen molar-refractivity contribution in [2.24, 2.45) is 5.41 Å². The van der Waals surface area contributed by atoms with Crippen LogP contribution >= 0.6 is 0 Å². The third kappa shape index (κ3) is 9.42. The van der Waals surface area contributed by atoms with Gasteiger partial charge in [0.05, 0.1) is 11.5 Å². The highest BCUT2D eigenvalue weighted by Gasteiger charge is 2.28. The topological polar surface area (TPSA) is 138 Å². The number of unbranched alkanes of at least 4 members (excludes halogenated alkanes) is 1.